The Morgan fingerprint density at radius 3 is 2.56 bits per heavy atom. The number of carbonyl (C=O) groups is 1. The van der Waals surface area contributed by atoms with Crippen molar-refractivity contribution in [2.75, 3.05) is 24.3 Å². The van der Waals surface area contributed by atoms with Gasteiger partial charge in [-0.25, -0.2) is 13.8 Å². The molecular formula is C22H29F2N7O. The molecule has 0 aliphatic heterocycles. The highest BCUT2D eigenvalue weighted by molar-refractivity contribution is 6.08. The molecule has 0 spiro atoms. The summed E-state index contributed by atoms with van der Waals surface area (Å²) in [7, 11) is 3.71. The van der Waals surface area contributed by atoms with Crippen molar-refractivity contribution in [3.63, 3.8) is 0 Å². The quantitative estimate of drug-likeness (QED) is 0.601. The van der Waals surface area contributed by atoms with Gasteiger partial charge in [0, 0.05) is 26.5 Å². The van der Waals surface area contributed by atoms with Gasteiger partial charge in [-0.05, 0) is 43.6 Å². The van der Waals surface area contributed by atoms with Crippen LogP contribution in [0, 0.1) is 11.8 Å². The molecule has 0 aromatic carbocycles. The van der Waals surface area contributed by atoms with Crippen LogP contribution in [0.2, 0.25) is 0 Å². The van der Waals surface area contributed by atoms with Crippen molar-refractivity contribution in [3.8, 4) is 0 Å². The Balaban J connectivity index is 1.57. The number of amides is 1. The first-order valence-electron chi connectivity index (χ1n) is 10.9. The van der Waals surface area contributed by atoms with E-state index in [1.165, 1.54) is 12.4 Å². The third-order valence-corrected chi connectivity index (χ3v) is 6.36. The average Bonchev–Trinajstić information content (AvgIpc) is 3.38. The molecule has 0 radical (unpaired) electrons. The van der Waals surface area contributed by atoms with Crippen LogP contribution in [0.15, 0.2) is 24.7 Å². The fourth-order valence-electron chi connectivity index (χ4n) is 4.45. The maximum atomic E-state index is 13.7. The highest BCUT2D eigenvalue weighted by Gasteiger charge is 2.28. The summed E-state index contributed by atoms with van der Waals surface area (Å²) in [4.78, 5) is 19.0. The molecule has 0 atom stereocenters. The fourth-order valence-corrected chi connectivity index (χ4v) is 4.45. The number of hydrogen-bond donors (Lipinski definition) is 1. The summed E-state index contributed by atoms with van der Waals surface area (Å²) >= 11 is 0. The van der Waals surface area contributed by atoms with Crippen molar-refractivity contribution < 1.29 is 13.6 Å². The van der Waals surface area contributed by atoms with Gasteiger partial charge in [0.05, 0.1) is 17.9 Å². The van der Waals surface area contributed by atoms with E-state index in [0.29, 0.717) is 17.5 Å². The third-order valence-electron chi connectivity index (χ3n) is 6.36. The van der Waals surface area contributed by atoms with Gasteiger partial charge in [0.25, 0.3) is 12.3 Å². The number of alkyl halides is 2. The smallest absolute Gasteiger partial charge is 0.284 e. The van der Waals surface area contributed by atoms with E-state index in [2.05, 4.69) is 34.3 Å². The number of nitrogens with zero attached hydrogens (tertiary/aromatic N) is 6. The first kappa shape index (κ1) is 22.2. The van der Waals surface area contributed by atoms with E-state index >= 15 is 0 Å². The van der Waals surface area contributed by atoms with E-state index in [4.69, 9.17) is 0 Å². The highest BCUT2D eigenvalue weighted by atomic mass is 19.3. The Morgan fingerprint density at radius 1 is 1.22 bits per heavy atom. The summed E-state index contributed by atoms with van der Waals surface area (Å²) in [6.07, 6.45) is 5.61. The molecule has 1 fully saturated rings. The Bertz CT molecular complexity index is 1100. The molecular weight excluding hydrogens is 416 g/mol. The number of halogens is 2. The van der Waals surface area contributed by atoms with Crippen LogP contribution in [0.4, 0.5) is 20.3 Å². The number of anilines is 2. The fraction of sp³-hybridized carbons (Fsp3) is 0.545. The summed E-state index contributed by atoms with van der Waals surface area (Å²) in [5.41, 5.74) is 0.174. The molecule has 8 nitrogen and oxygen atoms in total. The van der Waals surface area contributed by atoms with Crippen LogP contribution in [0.25, 0.3) is 5.65 Å². The van der Waals surface area contributed by atoms with Gasteiger partial charge >= 0.3 is 0 Å². The molecule has 0 bridgehead atoms. The largest absolute Gasteiger partial charge is 0.363 e. The zero-order chi connectivity index (χ0) is 23.0. The van der Waals surface area contributed by atoms with Gasteiger partial charge in [0.15, 0.2) is 11.3 Å². The average molecular weight is 446 g/mol. The Labute approximate surface area is 185 Å². The van der Waals surface area contributed by atoms with Crippen molar-refractivity contribution in [3.05, 3.63) is 35.9 Å². The molecule has 3 aromatic rings. The molecule has 3 aromatic heterocycles. The Kier molecular flexibility index (Phi) is 6.12. The van der Waals surface area contributed by atoms with Gasteiger partial charge in [-0.3, -0.25) is 9.48 Å². The standard InChI is InChI=1S/C22H29F2N7O/c1-13(2)14-5-7-15(8-6-14)30-12-17(19(28-30)20(23)24)27-22(32)16-11-26-31-18(29(3)4)9-10-25-21(16)31/h9-15,20H,5-8H2,1-4H3,(H,27,32)/t14-,15-. The van der Waals surface area contributed by atoms with Crippen LogP contribution in [0.3, 0.4) is 0 Å². The first-order valence-corrected chi connectivity index (χ1v) is 10.9. The minimum atomic E-state index is -2.79. The zero-order valence-electron chi connectivity index (χ0n) is 18.8. The summed E-state index contributed by atoms with van der Waals surface area (Å²) in [5, 5.41) is 11.0. The maximum Gasteiger partial charge on any atom is 0.284 e. The molecule has 1 N–H and O–H groups in total. The van der Waals surface area contributed by atoms with Gasteiger partial charge in [0.1, 0.15) is 11.4 Å². The lowest BCUT2D eigenvalue weighted by molar-refractivity contribution is 0.102. The maximum absolute atomic E-state index is 13.7. The number of carbonyl (C=O) groups excluding carboxylic acids is 1. The second-order valence-electron chi connectivity index (χ2n) is 8.97. The molecule has 1 aliphatic rings. The lowest BCUT2D eigenvalue weighted by Gasteiger charge is -2.30. The monoisotopic (exact) mass is 445 g/mol. The molecule has 1 amide bonds. The first-order chi connectivity index (χ1) is 15.3. The predicted molar refractivity (Wildman–Crippen MR) is 118 cm³/mol. The number of aromatic nitrogens is 5. The SMILES string of the molecule is CC(C)[C@H]1CC[C@H](n2cc(NC(=O)c3cnn4c(N(C)C)ccnc34)c(C(F)F)n2)CC1. The molecule has 4 rings (SSSR count). The minimum absolute atomic E-state index is 0.0269. The van der Waals surface area contributed by atoms with E-state index in [9.17, 15) is 13.6 Å². The number of rotatable bonds is 6. The van der Waals surface area contributed by atoms with Crippen LogP contribution in [-0.4, -0.2) is 44.4 Å². The van der Waals surface area contributed by atoms with Crippen LogP contribution in [-0.2, 0) is 0 Å². The normalized spacial score (nSPS) is 19.1. The summed E-state index contributed by atoms with van der Waals surface area (Å²) < 4.78 is 30.5. The number of fused-ring (bicyclic) bond motifs is 1. The van der Waals surface area contributed by atoms with Gasteiger partial charge in [-0.2, -0.15) is 14.7 Å². The molecule has 1 saturated carbocycles. The second-order valence-corrected chi connectivity index (χ2v) is 8.97. The van der Waals surface area contributed by atoms with E-state index in [1.54, 1.807) is 21.5 Å². The van der Waals surface area contributed by atoms with E-state index in [1.807, 2.05) is 19.0 Å². The summed E-state index contributed by atoms with van der Waals surface area (Å²) in [5.74, 6) is 1.47. The highest BCUT2D eigenvalue weighted by Crippen LogP contribution is 2.37. The van der Waals surface area contributed by atoms with Crippen LogP contribution in [0.1, 0.15) is 68.0 Å². The van der Waals surface area contributed by atoms with Crippen molar-refractivity contribution in [1.29, 1.82) is 0 Å². The molecule has 0 unspecified atom stereocenters. The van der Waals surface area contributed by atoms with Crippen LogP contribution >= 0.6 is 0 Å². The molecule has 10 heteroatoms. The Morgan fingerprint density at radius 2 is 1.94 bits per heavy atom. The van der Waals surface area contributed by atoms with Crippen LogP contribution < -0.4 is 10.2 Å². The second kappa shape index (κ2) is 8.84. The van der Waals surface area contributed by atoms with Crippen molar-refractivity contribution in [1.82, 2.24) is 24.4 Å². The molecule has 32 heavy (non-hydrogen) atoms. The lowest BCUT2D eigenvalue weighted by atomic mass is 9.80. The summed E-state index contributed by atoms with van der Waals surface area (Å²) in [6.45, 7) is 4.44. The minimum Gasteiger partial charge on any atom is -0.363 e. The predicted octanol–water partition coefficient (Wildman–Crippen LogP) is 4.57. The molecule has 172 valence electrons. The van der Waals surface area contributed by atoms with Gasteiger partial charge in [-0.15, -0.1) is 0 Å². The van der Waals surface area contributed by atoms with Gasteiger partial charge in [0.2, 0.25) is 0 Å². The molecule has 0 saturated heterocycles. The topological polar surface area (TPSA) is 80.4 Å². The van der Waals surface area contributed by atoms with Crippen molar-refractivity contribution in [2.45, 2.75) is 52.0 Å². The Hall–Kier alpha value is -3.04. The van der Waals surface area contributed by atoms with E-state index in [0.717, 1.165) is 31.5 Å². The van der Waals surface area contributed by atoms with E-state index in [-0.39, 0.29) is 17.3 Å². The van der Waals surface area contributed by atoms with Crippen molar-refractivity contribution in [2.24, 2.45) is 11.8 Å². The molecule has 3 heterocycles. The van der Waals surface area contributed by atoms with E-state index < -0.39 is 18.0 Å². The number of hydrogen-bond acceptors (Lipinski definition) is 5. The van der Waals surface area contributed by atoms with Gasteiger partial charge in [-0.1, -0.05) is 13.8 Å². The summed E-state index contributed by atoms with van der Waals surface area (Å²) in [6, 6.07) is 1.84. The van der Waals surface area contributed by atoms with Crippen LogP contribution in [0.5, 0.6) is 0 Å². The number of nitrogens with one attached hydrogen (secondary N) is 1. The van der Waals surface area contributed by atoms with Gasteiger partial charge < -0.3 is 10.2 Å². The zero-order valence-corrected chi connectivity index (χ0v) is 18.8. The van der Waals surface area contributed by atoms with Crippen molar-refractivity contribution >= 4 is 23.1 Å². The molecule has 1 aliphatic carbocycles. The third kappa shape index (κ3) is 4.18. The lowest BCUT2D eigenvalue weighted by Crippen LogP contribution is -2.21.